The number of anilines is 2. The molecule has 2 aliphatic heterocycles. The second-order valence-corrected chi connectivity index (χ2v) is 10.3. The maximum atomic E-state index is 13.9. The second-order valence-electron chi connectivity index (χ2n) is 8.43. The molecule has 2 amide bonds. The molecule has 8 nitrogen and oxygen atoms in total. The first-order valence-electron chi connectivity index (χ1n) is 11.0. The van der Waals surface area contributed by atoms with Crippen LogP contribution in [0.3, 0.4) is 0 Å². The highest BCUT2D eigenvalue weighted by atomic mass is 32.2. The zero-order valence-corrected chi connectivity index (χ0v) is 19.5. The molecule has 2 aromatic rings. The molecule has 2 N–H and O–H groups in total. The topological polar surface area (TPSA) is 105 Å². The van der Waals surface area contributed by atoms with Gasteiger partial charge in [0.05, 0.1) is 22.2 Å². The smallest absolute Gasteiger partial charge is 0.265 e. The molecule has 1 fully saturated rings. The van der Waals surface area contributed by atoms with Crippen LogP contribution in [0.25, 0.3) is 0 Å². The number of hydrogen-bond donors (Lipinski definition) is 2. The van der Waals surface area contributed by atoms with E-state index in [1.54, 1.807) is 19.9 Å². The van der Waals surface area contributed by atoms with Gasteiger partial charge in [0.15, 0.2) is 6.10 Å². The number of sulfonamides is 1. The normalized spacial score (nSPS) is 20.8. The summed E-state index contributed by atoms with van der Waals surface area (Å²) in [5, 5.41) is 5.16. The Morgan fingerprint density at radius 1 is 1.26 bits per heavy atom. The molecular formula is C23H25F2N3O5S. The largest absolute Gasteiger partial charge is 0.478 e. The number of benzene rings is 2. The van der Waals surface area contributed by atoms with E-state index in [2.05, 4.69) is 10.6 Å². The number of hydrogen-bond acceptors (Lipinski definition) is 5. The van der Waals surface area contributed by atoms with Crippen LogP contribution >= 0.6 is 0 Å². The van der Waals surface area contributed by atoms with Gasteiger partial charge in [0.25, 0.3) is 5.91 Å². The van der Waals surface area contributed by atoms with Gasteiger partial charge in [0.1, 0.15) is 17.4 Å². The lowest BCUT2D eigenvalue weighted by Gasteiger charge is -2.32. The zero-order chi connectivity index (χ0) is 24.6. The minimum atomic E-state index is -3.98. The van der Waals surface area contributed by atoms with Crippen molar-refractivity contribution in [1.29, 1.82) is 0 Å². The van der Waals surface area contributed by atoms with Gasteiger partial charge in [-0.2, -0.15) is 4.31 Å². The average molecular weight is 494 g/mol. The van der Waals surface area contributed by atoms with Crippen molar-refractivity contribution in [2.24, 2.45) is 5.92 Å². The molecule has 0 saturated carbocycles. The van der Waals surface area contributed by atoms with Gasteiger partial charge in [0, 0.05) is 25.2 Å². The lowest BCUT2D eigenvalue weighted by atomic mass is 9.98. The van der Waals surface area contributed by atoms with Crippen LogP contribution in [0.2, 0.25) is 0 Å². The third kappa shape index (κ3) is 4.62. The van der Waals surface area contributed by atoms with Gasteiger partial charge in [-0.05, 0) is 49.9 Å². The van der Waals surface area contributed by atoms with Crippen molar-refractivity contribution in [3.63, 3.8) is 0 Å². The minimum absolute atomic E-state index is 0.0305. The lowest BCUT2D eigenvalue weighted by molar-refractivity contribution is -0.123. The Balaban J connectivity index is 1.55. The predicted octanol–water partition coefficient (Wildman–Crippen LogP) is 3.42. The van der Waals surface area contributed by atoms with Gasteiger partial charge >= 0.3 is 0 Å². The number of carbonyl (C=O) groups is 2. The Labute approximate surface area is 196 Å². The Hall–Kier alpha value is -3.05. The van der Waals surface area contributed by atoms with Crippen LogP contribution in [0, 0.1) is 24.5 Å². The molecule has 0 bridgehead atoms. The molecule has 2 aliphatic rings. The van der Waals surface area contributed by atoms with E-state index in [0.29, 0.717) is 36.6 Å². The predicted molar refractivity (Wildman–Crippen MR) is 121 cm³/mol. The van der Waals surface area contributed by atoms with Crippen LogP contribution < -0.4 is 15.4 Å². The fourth-order valence-corrected chi connectivity index (χ4v) is 5.92. The van der Waals surface area contributed by atoms with E-state index in [4.69, 9.17) is 4.74 Å². The number of fused-ring (bicyclic) bond motifs is 1. The molecule has 0 radical (unpaired) electrons. The molecule has 4 rings (SSSR count). The molecule has 2 atom stereocenters. The summed E-state index contributed by atoms with van der Waals surface area (Å²) in [5.41, 5.74) is 0.669. The number of amides is 2. The van der Waals surface area contributed by atoms with Crippen molar-refractivity contribution >= 4 is 33.2 Å². The zero-order valence-electron chi connectivity index (χ0n) is 18.7. The first kappa shape index (κ1) is 24.1. The Morgan fingerprint density at radius 3 is 2.74 bits per heavy atom. The second kappa shape index (κ2) is 9.30. The summed E-state index contributed by atoms with van der Waals surface area (Å²) in [6.07, 6.45) is 0.592. The molecule has 34 heavy (non-hydrogen) atoms. The Morgan fingerprint density at radius 2 is 2.03 bits per heavy atom. The molecule has 0 aromatic heterocycles. The van der Waals surface area contributed by atoms with Gasteiger partial charge < -0.3 is 15.4 Å². The highest BCUT2D eigenvalue weighted by molar-refractivity contribution is 7.89. The number of nitrogens with zero attached hydrogens (tertiary/aromatic N) is 1. The van der Waals surface area contributed by atoms with Crippen LogP contribution in [0.5, 0.6) is 5.75 Å². The first-order valence-corrected chi connectivity index (χ1v) is 12.4. The van der Waals surface area contributed by atoms with Gasteiger partial charge in [-0.25, -0.2) is 17.2 Å². The third-order valence-corrected chi connectivity index (χ3v) is 8.04. The van der Waals surface area contributed by atoms with E-state index in [9.17, 15) is 26.8 Å². The summed E-state index contributed by atoms with van der Waals surface area (Å²) in [5.74, 6) is -2.92. The van der Waals surface area contributed by atoms with Crippen molar-refractivity contribution < 1.29 is 31.5 Å². The SMILES string of the molecule is CC[C@@H]1Oc2cc(S(=O)(=O)N3CCC[C@H](C(=O)Nc4ccc(F)cc4F)C3)c(C)cc2NC1=O. The van der Waals surface area contributed by atoms with E-state index in [1.807, 2.05) is 0 Å². The molecule has 182 valence electrons. The van der Waals surface area contributed by atoms with Crippen molar-refractivity contribution in [2.75, 3.05) is 23.7 Å². The van der Waals surface area contributed by atoms with E-state index >= 15 is 0 Å². The quantitative estimate of drug-likeness (QED) is 0.664. The Bertz CT molecular complexity index is 1250. The summed E-state index contributed by atoms with van der Waals surface area (Å²) in [6, 6.07) is 5.78. The third-order valence-electron chi connectivity index (χ3n) is 6.03. The molecule has 1 saturated heterocycles. The standard InChI is InChI=1S/C23H25F2N3O5S/c1-3-19-23(30)27-18-9-13(2)21(11-20(18)33-19)34(31,32)28-8-4-5-14(12-28)22(29)26-17-7-6-15(24)10-16(17)25/h6-7,9-11,14,19H,3-5,8,12H2,1-2H3,(H,26,29)(H,27,30)/t14-,19-/m0/s1. The molecule has 11 heteroatoms. The summed E-state index contributed by atoms with van der Waals surface area (Å²) in [7, 11) is -3.98. The Kier molecular flexibility index (Phi) is 6.59. The fraction of sp³-hybridized carbons (Fsp3) is 0.391. The van der Waals surface area contributed by atoms with E-state index < -0.39 is 39.6 Å². The number of rotatable bonds is 5. The van der Waals surface area contributed by atoms with Crippen molar-refractivity contribution in [3.8, 4) is 5.75 Å². The summed E-state index contributed by atoms with van der Waals surface area (Å²) in [6.45, 7) is 3.56. The number of halogens is 2. The van der Waals surface area contributed by atoms with Gasteiger partial charge in [-0.3, -0.25) is 9.59 Å². The van der Waals surface area contributed by atoms with E-state index in [1.165, 1.54) is 10.4 Å². The highest BCUT2D eigenvalue weighted by Gasteiger charge is 2.36. The van der Waals surface area contributed by atoms with Crippen LogP contribution in [-0.4, -0.2) is 43.7 Å². The van der Waals surface area contributed by atoms with E-state index in [-0.39, 0.29) is 35.3 Å². The average Bonchev–Trinajstić information content (AvgIpc) is 2.80. The van der Waals surface area contributed by atoms with Crippen molar-refractivity contribution in [3.05, 3.63) is 47.5 Å². The van der Waals surface area contributed by atoms with Gasteiger partial charge in [-0.15, -0.1) is 0 Å². The summed E-state index contributed by atoms with van der Waals surface area (Å²) < 4.78 is 60.9. The van der Waals surface area contributed by atoms with Crippen molar-refractivity contribution in [1.82, 2.24) is 4.31 Å². The molecule has 2 heterocycles. The molecular weight excluding hydrogens is 468 g/mol. The van der Waals surface area contributed by atoms with Crippen LogP contribution in [0.4, 0.5) is 20.2 Å². The van der Waals surface area contributed by atoms with Crippen LogP contribution in [0.15, 0.2) is 35.2 Å². The monoisotopic (exact) mass is 493 g/mol. The minimum Gasteiger partial charge on any atom is -0.478 e. The van der Waals surface area contributed by atoms with Crippen LogP contribution in [0.1, 0.15) is 31.7 Å². The number of nitrogens with one attached hydrogen (secondary N) is 2. The number of carbonyl (C=O) groups excluding carboxylic acids is 2. The summed E-state index contributed by atoms with van der Waals surface area (Å²) >= 11 is 0. The van der Waals surface area contributed by atoms with Crippen LogP contribution in [-0.2, 0) is 19.6 Å². The lowest BCUT2D eigenvalue weighted by Crippen LogP contribution is -2.44. The molecule has 0 unspecified atom stereocenters. The summed E-state index contributed by atoms with van der Waals surface area (Å²) in [4.78, 5) is 24.8. The molecule has 0 aliphatic carbocycles. The van der Waals surface area contributed by atoms with Gasteiger partial charge in [-0.1, -0.05) is 6.92 Å². The van der Waals surface area contributed by atoms with Crippen molar-refractivity contribution in [2.45, 2.75) is 44.1 Å². The molecule has 0 spiro atoms. The highest BCUT2D eigenvalue weighted by Crippen LogP contribution is 2.36. The first-order chi connectivity index (χ1) is 16.1. The molecule has 2 aromatic carbocycles. The maximum absolute atomic E-state index is 13.9. The number of ether oxygens (including phenoxy) is 1. The number of aryl methyl sites for hydroxylation is 1. The fourth-order valence-electron chi connectivity index (χ4n) is 4.17. The maximum Gasteiger partial charge on any atom is 0.265 e. The van der Waals surface area contributed by atoms with E-state index in [0.717, 1.165) is 12.1 Å². The van der Waals surface area contributed by atoms with Gasteiger partial charge in [0.2, 0.25) is 15.9 Å². The number of piperidine rings is 1.